The van der Waals surface area contributed by atoms with Crippen LogP contribution in [0.15, 0.2) is 0 Å². The van der Waals surface area contributed by atoms with Crippen LogP contribution in [0.1, 0.15) is 13.3 Å². The van der Waals surface area contributed by atoms with Crippen molar-refractivity contribution in [3.8, 4) is 0 Å². The van der Waals surface area contributed by atoms with Gasteiger partial charge in [-0.15, -0.1) is 0 Å². The molecule has 4 heteroatoms. The first kappa shape index (κ1) is 8.97. The van der Waals surface area contributed by atoms with Gasteiger partial charge < -0.3 is 9.80 Å². The predicted molar refractivity (Wildman–Crippen MR) is 50.2 cm³/mol. The zero-order valence-corrected chi connectivity index (χ0v) is 8.29. The van der Waals surface area contributed by atoms with Crippen LogP contribution in [0.4, 0.5) is 0 Å². The monoisotopic (exact) mass is 183 g/mol. The summed E-state index contributed by atoms with van der Waals surface area (Å²) in [5.74, 6) is 0.257. The van der Waals surface area contributed by atoms with Crippen LogP contribution in [0.2, 0.25) is 0 Å². The minimum absolute atomic E-state index is 0.226. The summed E-state index contributed by atoms with van der Waals surface area (Å²) in [5.41, 5.74) is 0. The molecule has 0 aliphatic carbocycles. The summed E-state index contributed by atoms with van der Waals surface area (Å²) in [6.07, 6.45) is 1.35. The first-order valence-electron chi connectivity index (χ1n) is 4.91. The fourth-order valence-corrected chi connectivity index (χ4v) is 2.30. The number of hydrogen-bond donors (Lipinski definition) is 1. The Morgan fingerprint density at radius 2 is 2.31 bits per heavy atom. The van der Waals surface area contributed by atoms with Gasteiger partial charge in [-0.3, -0.25) is 10.1 Å². The lowest BCUT2D eigenvalue weighted by atomic mass is 10.2. The maximum Gasteiger partial charge on any atom is 0.238 e. The van der Waals surface area contributed by atoms with Crippen LogP contribution in [0.3, 0.4) is 0 Å². The molecule has 2 aliphatic heterocycles. The standard InChI is InChI=1S/C9H17N3O/c1-7-10-5-9(13)12(7)8-3-4-11(2)6-8/h7-8,10H,3-6H2,1-2H3. The molecule has 1 N–H and O–H groups in total. The van der Waals surface area contributed by atoms with E-state index in [0.29, 0.717) is 12.6 Å². The van der Waals surface area contributed by atoms with Crippen LogP contribution in [-0.2, 0) is 4.79 Å². The summed E-state index contributed by atoms with van der Waals surface area (Å²) in [7, 11) is 2.11. The lowest BCUT2D eigenvalue weighted by Gasteiger charge is -2.27. The Morgan fingerprint density at radius 1 is 1.54 bits per heavy atom. The van der Waals surface area contributed by atoms with E-state index in [-0.39, 0.29) is 12.1 Å². The van der Waals surface area contributed by atoms with Gasteiger partial charge in [0.05, 0.1) is 12.7 Å². The molecule has 0 spiro atoms. The number of hydrogen-bond acceptors (Lipinski definition) is 3. The molecule has 0 aromatic heterocycles. The Morgan fingerprint density at radius 3 is 2.77 bits per heavy atom. The summed E-state index contributed by atoms with van der Waals surface area (Å²) in [4.78, 5) is 15.8. The van der Waals surface area contributed by atoms with Gasteiger partial charge in [0.25, 0.3) is 0 Å². The highest BCUT2D eigenvalue weighted by Gasteiger charge is 2.35. The van der Waals surface area contributed by atoms with Crippen LogP contribution in [-0.4, -0.2) is 54.6 Å². The fraction of sp³-hybridized carbons (Fsp3) is 0.889. The Bertz CT molecular complexity index is 219. The van der Waals surface area contributed by atoms with Crippen molar-refractivity contribution in [2.75, 3.05) is 26.7 Å². The lowest BCUT2D eigenvalue weighted by molar-refractivity contribution is -0.129. The van der Waals surface area contributed by atoms with E-state index in [4.69, 9.17) is 0 Å². The molecular weight excluding hydrogens is 166 g/mol. The van der Waals surface area contributed by atoms with Crippen molar-refractivity contribution in [2.24, 2.45) is 0 Å². The lowest BCUT2D eigenvalue weighted by Crippen LogP contribution is -2.44. The van der Waals surface area contributed by atoms with Gasteiger partial charge in [0.15, 0.2) is 0 Å². The Balaban J connectivity index is 2.03. The largest absolute Gasteiger partial charge is 0.322 e. The van der Waals surface area contributed by atoms with Crippen molar-refractivity contribution < 1.29 is 4.79 Å². The topological polar surface area (TPSA) is 35.6 Å². The summed E-state index contributed by atoms with van der Waals surface area (Å²) in [6.45, 7) is 4.71. The molecule has 2 saturated heterocycles. The molecule has 0 bridgehead atoms. The number of nitrogens with zero attached hydrogens (tertiary/aromatic N) is 2. The minimum Gasteiger partial charge on any atom is -0.322 e. The quantitative estimate of drug-likeness (QED) is 0.593. The molecule has 2 aliphatic rings. The number of nitrogens with one attached hydrogen (secondary N) is 1. The molecular formula is C9H17N3O. The molecule has 2 atom stereocenters. The van der Waals surface area contributed by atoms with Gasteiger partial charge in [-0.25, -0.2) is 0 Å². The van der Waals surface area contributed by atoms with Gasteiger partial charge >= 0.3 is 0 Å². The Kier molecular flexibility index (Phi) is 2.26. The molecule has 2 fully saturated rings. The van der Waals surface area contributed by atoms with Gasteiger partial charge in [-0.05, 0) is 26.9 Å². The van der Waals surface area contributed by atoms with Crippen LogP contribution in [0, 0.1) is 0 Å². The van der Waals surface area contributed by atoms with Gasteiger partial charge in [0, 0.05) is 12.6 Å². The third-order valence-electron chi connectivity index (χ3n) is 3.01. The van der Waals surface area contributed by atoms with Gasteiger partial charge in [-0.2, -0.15) is 0 Å². The van der Waals surface area contributed by atoms with Gasteiger partial charge in [0.1, 0.15) is 0 Å². The van der Waals surface area contributed by atoms with Gasteiger partial charge in [-0.1, -0.05) is 0 Å². The van der Waals surface area contributed by atoms with Crippen molar-refractivity contribution in [1.29, 1.82) is 0 Å². The highest BCUT2D eigenvalue weighted by molar-refractivity contribution is 5.81. The summed E-state index contributed by atoms with van der Waals surface area (Å²) in [6, 6.07) is 0.433. The Labute approximate surface area is 78.9 Å². The average Bonchev–Trinajstić information content (AvgIpc) is 2.60. The molecule has 74 valence electrons. The molecule has 0 radical (unpaired) electrons. The van der Waals surface area contributed by atoms with Gasteiger partial charge in [0.2, 0.25) is 5.91 Å². The summed E-state index contributed by atoms with van der Waals surface area (Å²) >= 11 is 0. The normalized spacial score (nSPS) is 36.2. The maximum atomic E-state index is 11.5. The van der Waals surface area contributed by atoms with Crippen LogP contribution in [0.25, 0.3) is 0 Å². The molecule has 0 aromatic carbocycles. The zero-order chi connectivity index (χ0) is 9.42. The van der Waals surface area contributed by atoms with E-state index in [9.17, 15) is 4.79 Å². The highest BCUT2D eigenvalue weighted by Crippen LogP contribution is 2.18. The van der Waals surface area contributed by atoms with E-state index in [2.05, 4.69) is 24.2 Å². The molecule has 4 nitrogen and oxygen atoms in total. The number of rotatable bonds is 1. The van der Waals surface area contributed by atoms with Crippen molar-refractivity contribution in [1.82, 2.24) is 15.1 Å². The number of amides is 1. The van der Waals surface area contributed by atoms with Crippen LogP contribution < -0.4 is 5.32 Å². The smallest absolute Gasteiger partial charge is 0.238 e. The maximum absolute atomic E-state index is 11.5. The first-order chi connectivity index (χ1) is 6.18. The molecule has 2 unspecified atom stereocenters. The third kappa shape index (κ3) is 1.56. The van der Waals surface area contributed by atoms with E-state index in [1.165, 1.54) is 0 Å². The van der Waals surface area contributed by atoms with E-state index < -0.39 is 0 Å². The van der Waals surface area contributed by atoms with Crippen molar-refractivity contribution in [3.05, 3.63) is 0 Å². The Hall–Kier alpha value is -0.610. The first-order valence-corrected chi connectivity index (χ1v) is 4.91. The van der Waals surface area contributed by atoms with E-state index in [1.54, 1.807) is 0 Å². The number of carbonyl (C=O) groups excluding carboxylic acids is 1. The average molecular weight is 183 g/mol. The number of likely N-dealkylation sites (N-methyl/N-ethyl adjacent to an activating group) is 1. The second-order valence-electron chi connectivity index (χ2n) is 4.06. The predicted octanol–water partition coefficient (Wildman–Crippen LogP) is -0.532. The second-order valence-corrected chi connectivity index (χ2v) is 4.06. The number of likely N-dealkylation sites (tertiary alicyclic amines) is 1. The second kappa shape index (κ2) is 3.27. The van der Waals surface area contributed by atoms with Crippen LogP contribution >= 0.6 is 0 Å². The SMILES string of the molecule is CC1NCC(=O)N1C1CCN(C)C1. The van der Waals surface area contributed by atoms with E-state index in [0.717, 1.165) is 19.5 Å². The zero-order valence-electron chi connectivity index (χ0n) is 8.29. The molecule has 1 amide bonds. The van der Waals surface area contributed by atoms with Crippen molar-refractivity contribution in [2.45, 2.75) is 25.6 Å². The highest BCUT2D eigenvalue weighted by atomic mass is 16.2. The fourth-order valence-electron chi connectivity index (χ4n) is 2.30. The molecule has 2 heterocycles. The van der Waals surface area contributed by atoms with Crippen LogP contribution in [0.5, 0.6) is 0 Å². The molecule has 13 heavy (non-hydrogen) atoms. The van der Waals surface area contributed by atoms with E-state index >= 15 is 0 Å². The molecule has 0 saturated carbocycles. The molecule has 0 aromatic rings. The minimum atomic E-state index is 0.226. The summed E-state index contributed by atoms with van der Waals surface area (Å²) in [5, 5.41) is 3.17. The van der Waals surface area contributed by atoms with Crippen molar-refractivity contribution >= 4 is 5.91 Å². The van der Waals surface area contributed by atoms with E-state index in [1.807, 2.05) is 4.90 Å². The third-order valence-corrected chi connectivity index (χ3v) is 3.01. The van der Waals surface area contributed by atoms with Crippen molar-refractivity contribution in [3.63, 3.8) is 0 Å². The molecule has 2 rings (SSSR count). The summed E-state index contributed by atoms with van der Waals surface area (Å²) < 4.78 is 0. The number of carbonyl (C=O) groups is 1.